The van der Waals surface area contributed by atoms with Gasteiger partial charge in [-0.05, 0) is 42.5 Å². The van der Waals surface area contributed by atoms with Crippen LogP contribution in [0, 0.1) is 5.92 Å². The third-order valence-electron chi connectivity index (χ3n) is 5.60. The average molecular weight is 439 g/mol. The maximum absolute atomic E-state index is 12.9. The van der Waals surface area contributed by atoms with Crippen LogP contribution in [0.4, 0.5) is 0 Å². The van der Waals surface area contributed by atoms with Crippen molar-refractivity contribution in [2.75, 3.05) is 32.7 Å². The van der Waals surface area contributed by atoms with Gasteiger partial charge in [0.2, 0.25) is 5.96 Å². The van der Waals surface area contributed by atoms with E-state index in [1.807, 2.05) is 23.3 Å². The molecule has 1 unspecified atom stereocenters. The van der Waals surface area contributed by atoms with Crippen molar-refractivity contribution in [3.63, 3.8) is 0 Å². The summed E-state index contributed by atoms with van der Waals surface area (Å²) in [6, 6.07) is 2.00. The van der Waals surface area contributed by atoms with E-state index in [9.17, 15) is 4.79 Å². The number of rotatable bonds is 4. The number of piperazine rings is 1. The van der Waals surface area contributed by atoms with Crippen molar-refractivity contribution in [1.82, 2.24) is 15.5 Å². The molecule has 1 aromatic heterocycles. The van der Waals surface area contributed by atoms with Gasteiger partial charge in [-0.15, -0.1) is 11.3 Å². The van der Waals surface area contributed by atoms with Crippen LogP contribution in [0.25, 0.3) is 6.08 Å². The van der Waals surface area contributed by atoms with Crippen LogP contribution in [-0.4, -0.2) is 55.7 Å². The maximum atomic E-state index is 12.9. The van der Waals surface area contributed by atoms with Crippen molar-refractivity contribution in [2.24, 2.45) is 21.6 Å². The summed E-state index contributed by atoms with van der Waals surface area (Å²) in [4.78, 5) is 25.9. The van der Waals surface area contributed by atoms with E-state index in [1.54, 1.807) is 11.3 Å². The van der Waals surface area contributed by atoms with Crippen molar-refractivity contribution in [3.8, 4) is 0 Å². The van der Waals surface area contributed by atoms with Crippen LogP contribution in [0.3, 0.4) is 0 Å². The summed E-state index contributed by atoms with van der Waals surface area (Å²) >= 11 is 1.56. The van der Waals surface area contributed by atoms with E-state index in [0.29, 0.717) is 18.4 Å². The highest BCUT2D eigenvalue weighted by Gasteiger charge is 2.21. The Morgan fingerprint density at radius 3 is 3.00 bits per heavy atom. The molecule has 0 saturated carbocycles. The number of aliphatic imine (C=N–C) groups is 2. The molecule has 0 spiro atoms. The fraction of sp³-hybridized carbons (Fsp3) is 0.435. The van der Waals surface area contributed by atoms with Crippen LogP contribution in [0.1, 0.15) is 39.4 Å². The Hall–Kier alpha value is -2.71. The molecule has 1 atom stereocenters. The van der Waals surface area contributed by atoms with Gasteiger partial charge < -0.3 is 21.3 Å². The third-order valence-corrected chi connectivity index (χ3v) is 6.73. The number of hydrogen-bond donors (Lipinski definition) is 3. The Bertz CT molecular complexity index is 936. The number of allylic oxidation sites excluding steroid dienone is 4. The van der Waals surface area contributed by atoms with E-state index >= 15 is 0 Å². The summed E-state index contributed by atoms with van der Waals surface area (Å²) in [5.41, 5.74) is 7.72. The van der Waals surface area contributed by atoms with Gasteiger partial charge in [0, 0.05) is 55.9 Å². The van der Waals surface area contributed by atoms with E-state index in [0.717, 1.165) is 73.0 Å². The first-order chi connectivity index (χ1) is 15.2. The smallest absolute Gasteiger partial charge is 0.264 e. The molecule has 3 heterocycles. The molecule has 1 saturated heterocycles. The number of nitrogens with two attached hydrogens (primary N) is 1. The fourth-order valence-corrected chi connectivity index (χ4v) is 4.85. The zero-order chi connectivity index (χ0) is 21.5. The van der Waals surface area contributed by atoms with Crippen LogP contribution in [-0.2, 0) is 6.54 Å². The second-order valence-corrected chi connectivity index (χ2v) is 8.99. The minimum Gasteiger partial charge on any atom is -0.399 e. The number of fused-ring (bicyclic) bond motifs is 1. The van der Waals surface area contributed by atoms with Gasteiger partial charge in [-0.1, -0.05) is 18.2 Å². The molecule has 31 heavy (non-hydrogen) atoms. The number of hydrogen-bond acceptors (Lipinski definition) is 7. The van der Waals surface area contributed by atoms with Crippen LogP contribution < -0.4 is 16.4 Å². The highest BCUT2D eigenvalue weighted by Crippen LogP contribution is 2.27. The summed E-state index contributed by atoms with van der Waals surface area (Å²) in [7, 11) is 0. The molecule has 1 fully saturated rings. The molecule has 4 N–H and O–H groups in total. The maximum Gasteiger partial charge on any atom is 0.264 e. The standard InChI is InChI=1S/C23H30N6OS/c24-19-6-4-17(5-7-19)8-10-27-23-26-9-2-1-3-20-18(16-28-23)15-21(31-20)22(30)29-13-11-25-12-14-29/h1,3-4,6-7,9,15,17,25H,2,5,8,10-14,16,24H2,(H,27,28)/b3-1-,26-9?. The number of thiophene rings is 1. The van der Waals surface area contributed by atoms with Gasteiger partial charge in [-0.3, -0.25) is 4.79 Å². The number of carbonyl (C=O) groups is 1. The molecule has 1 amide bonds. The first-order valence-corrected chi connectivity index (χ1v) is 11.7. The van der Waals surface area contributed by atoms with Crippen molar-refractivity contribution < 1.29 is 4.79 Å². The Balaban J connectivity index is 1.40. The monoisotopic (exact) mass is 438 g/mol. The molecule has 1 aromatic rings. The van der Waals surface area contributed by atoms with Crippen LogP contribution >= 0.6 is 11.3 Å². The van der Waals surface area contributed by atoms with E-state index in [2.05, 4.69) is 39.9 Å². The largest absolute Gasteiger partial charge is 0.399 e. The van der Waals surface area contributed by atoms with Crippen molar-refractivity contribution in [2.45, 2.75) is 25.8 Å². The highest BCUT2D eigenvalue weighted by molar-refractivity contribution is 7.15. The van der Waals surface area contributed by atoms with E-state index < -0.39 is 0 Å². The minimum atomic E-state index is 0.121. The molecule has 0 aromatic carbocycles. The van der Waals surface area contributed by atoms with Gasteiger partial charge in [0.1, 0.15) is 0 Å². The lowest BCUT2D eigenvalue weighted by Crippen LogP contribution is -2.46. The molecule has 1 aliphatic carbocycles. The number of guanidine groups is 1. The number of nitrogens with one attached hydrogen (secondary N) is 2. The molecular formula is C23H30N6OS. The fourth-order valence-electron chi connectivity index (χ4n) is 3.78. The number of nitrogens with zero attached hydrogens (tertiary/aromatic N) is 3. The lowest BCUT2D eigenvalue weighted by atomic mass is 9.96. The predicted octanol–water partition coefficient (Wildman–Crippen LogP) is 2.54. The first kappa shape index (κ1) is 21.5. The Morgan fingerprint density at radius 2 is 2.19 bits per heavy atom. The van der Waals surface area contributed by atoms with Crippen molar-refractivity contribution in [3.05, 3.63) is 51.4 Å². The molecule has 0 radical (unpaired) electrons. The summed E-state index contributed by atoms with van der Waals surface area (Å²) < 4.78 is 0. The molecule has 8 heteroatoms. The Kier molecular flexibility index (Phi) is 7.32. The molecule has 164 valence electrons. The molecule has 0 bridgehead atoms. The molecule has 3 aliphatic rings. The molecule has 4 rings (SSSR count). The SMILES string of the molecule is NC1=CCC(CCNC2=NCc3cc(C(=O)N4CCNCC4)sc3/C=C\CC=N2)C=C1. The quantitative estimate of drug-likeness (QED) is 0.673. The summed E-state index contributed by atoms with van der Waals surface area (Å²) in [6.07, 6.45) is 15.0. The summed E-state index contributed by atoms with van der Waals surface area (Å²) in [5, 5.41) is 6.66. The Morgan fingerprint density at radius 1 is 1.32 bits per heavy atom. The Labute approximate surface area is 187 Å². The normalized spacial score (nSPS) is 22.3. The van der Waals surface area contributed by atoms with Crippen LogP contribution in [0.2, 0.25) is 0 Å². The summed E-state index contributed by atoms with van der Waals surface area (Å²) in [6.45, 7) is 4.54. The van der Waals surface area contributed by atoms with Gasteiger partial charge in [0.15, 0.2) is 0 Å². The lowest BCUT2D eigenvalue weighted by molar-refractivity contribution is 0.0740. The van der Waals surface area contributed by atoms with Crippen molar-refractivity contribution >= 4 is 35.5 Å². The first-order valence-electron chi connectivity index (χ1n) is 10.9. The second-order valence-electron chi connectivity index (χ2n) is 7.91. The van der Waals surface area contributed by atoms with Gasteiger partial charge in [-0.25, -0.2) is 9.98 Å². The van der Waals surface area contributed by atoms with Gasteiger partial charge in [0.25, 0.3) is 5.91 Å². The minimum absolute atomic E-state index is 0.121. The second kappa shape index (κ2) is 10.5. The lowest BCUT2D eigenvalue weighted by Gasteiger charge is -2.26. The van der Waals surface area contributed by atoms with E-state index in [-0.39, 0.29) is 5.91 Å². The van der Waals surface area contributed by atoms with Crippen LogP contribution in [0.15, 0.2) is 46.1 Å². The summed E-state index contributed by atoms with van der Waals surface area (Å²) in [5.74, 6) is 1.27. The van der Waals surface area contributed by atoms with E-state index in [4.69, 9.17) is 10.7 Å². The zero-order valence-corrected chi connectivity index (χ0v) is 18.5. The third kappa shape index (κ3) is 5.92. The number of amides is 1. The average Bonchev–Trinajstić information content (AvgIpc) is 3.21. The van der Waals surface area contributed by atoms with Gasteiger partial charge >= 0.3 is 0 Å². The molecule has 7 nitrogen and oxygen atoms in total. The molecular weight excluding hydrogens is 408 g/mol. The highest BCUT2D eigenvalue weighted by atomic mass is 32.1. The topological polar surface area (TPSA) is 95.1 Å². The van der Waals surface area contributed by atoms with E-state index in [1.165, 1.54) is 0 Å². The number of carbonyl (C=O) groups excluding carboxylic acids is 1. The van der Waals surface area contributed by atoms with Gasteiger partial charge in [0.05, 0.1) is 11.4 Å². The van der Waals surface area contributed by atoms with Crippen LogP contribution in [0.5, 0.6) is 0 Å². The van der Waals surface area contributed by atoms with Gasteiger partial charge in [-0.2, -0.15) is 0 Å². The molecule has 2 aliphatic heterocycles. The predicted molar refractivity (Wildman–Crippen MR) is 129 cm³/mol. The van der Waals surface area contributed by atoms with Crippen molar-refractivity contribution in [1.29, 1.82) is 0 Å². The zero-order valence-electron chi connectivity index (χ0n) is 17.7.